The van der Waals surface area contributed by atoms with E-state index in [4.69, 9.17) is 17.4 Å². The fourth-order valence-electron chi connectivity index (χ4n) is 4.84. The molecule has 0 saturated carbocycles. The maximum atomic E-state index is 13.8. The lowest BCUT2D eigenvalue weighted by atomic mass is 10.0. The molecule has 0 unspecified atom stereocenters. The zero-order chi connectivity index (χ0) is 31.2. The number of hydrogen-bond acceptors (Lipinski definition) is 6. The van der Waals surface area contributed by atoms with Crippen LogP contribution in [0.25, 0.3) is 0 Å². The van der Waals surface area contributed by atoms with Crippen LogP contribution < -0.4 is 10.6 Å². The Morgan fingerprint density at radius 3 is 1.75 bits per heavy atom. The van der Waals surface area contributed by atoms with Crippen molar-refractivity contribution in [3.8, 4) is 0 Å². The van der Waals surface area contributed by atoms with Crippen molar-refractivity contribution in [3.63, 3.8) is 0 Å². The zero-order valence-corrected chi connectivity index (χ0v) is 26.1. The SMILES string of the molecule is O=C(N[C@@H](Cc1ccccc1)C(=O)N[C@@H](CCc1ccccc1)[C@H](S)CS(=O)(=O)Cc1ccccc1)OCc1ccccc1. The first kappa shape index (κ1) is 32.8. The van der Waals surface area contributed by atoms with Gasteiger partial charge in [-0.3, -0.25) is 4.79 Å². The molecular weight excluding hydrogens is 593 g/mol. The molecule has 0 aliphatic rings. The highest BCUT2D eigenvalue weighted by atomic mass is 32.2. The van der Waals surface area contributed by atoms with Crippen LogP contribution in [0, 0.1) is 0 Å². The number of benzene rings is 4. The fourth-order valence-corrected chi connectivity index (χ4v) is 7.32. The van der Waals surface area contributed by atoms with Crippen LogP contribution in [0.4, 0.5) is 4.79 Å². The average Bonchev–Trinajstić information content (AvgIpc) is 3.03. The van der Waals surface area contributed by atoms with Crippen molar-refractivity contribution < 1.29 is 22.7 Å². The number of carbonyl (C=O) groups excluding carboxylic acids is 2. The van der Waals surface area contributed by atoms with Crippen molar-refractivity contribution in [2.45, 2.75) is 49.0 Å². The number of amides is 2. The molecule has 0 spiro atoms. The van der Waals surface area contributed by atoms with Gasteiger partial charge in [-0.1, -0.05) is 121 Å². The summed E-state index contributed by atoms with van der Waals surface area (Å²) in [6.07, 6.45) is 0.569. The summed E-state index contributed by atoms with van der Waals surface area (Å²) in [6, 6.07) is 35.8. The molecule has 2 N–H and O–H groups in total. The zero-order valence-electron chi connectivity index (χ0n) is 24.4. The lowest BCUT2D eigenvalue weighted by Gasteiger charge is -2.27. The van der Waals surface area contributed by atoms with Gasteiger partial charge in [-0.15, -0.1) is 0 Å². The van der Waals surface area contributed by atoms with Gasteiger partial charge in [-0.25, -0.2) is 13.2 Å². The Balaban J connectivity index is 1.48. The Kier molecular flexibility index (Phi) is 12.4. The second kappa shape index (κ2) is 16.7. The standard InChI is InChI=1S/C35H38N2O5S2/c38-34(32(23-28-15-7-2-8-16-28)37-35(39)42-24-29-17-9-3-10-18-29)36-31(22-21-27-13-5-1-6-14-27)33(43)26-44(40,41)25-30-19-11-4-12-20-30/h1-20,31-33,43H,21-26H2,(H,36,38)(H,37,39)/t31-,32-,33+/m0/s1. The van der Waals surface area contributed by atoms with E-state index in [9.17, 15) is 18.0 Å². The summed E-state index contributed by atoms with van der Waals surface area (Å²) < 4.78 is 31.7. The van der Waals surface area contributed by atoms with Gasteiger partial charge in [0, 0.05) is 17.7 Å². The lowest BCUT2D eigenvalue weighted by molar-refractivity contribution is -0.123. The predicted molar refractivity (Wildman–Crippen MR) is 177 cm³/mol. The quantitative estimate of drug-likeness (QED) is 0.150. The van der Waals surface area contributed by atoms with Crippen LogP contribution in [0.5, 0.6) is 0 Å². The number of rotatable bonds is 15. The molecule has 0 radical (unpaired) electrons. The normalized spacial score (nSPS) is 13.3. The molecular formula is C35H38N2O5S2. The smallest absolute Gasteiger partial charge is 0.408 e. The molecule has 0 aliphatic carbocycles. The van der Waals surface area contributed by atoms with Gasteiger partial charge in [0.15, 0.2) is 9.84 Å². The Morgan fingerprint density at radius 2 is 1.18 bits per heavy atom. The topological polar surface area (TPSA) is 102 Å². The molecule has 0 fully saturated rings. The first-order valence-electron chi connectivity index (χ1n) is 14.6. The van der Waals surface area contributed by atoms with Crippen molar-refractivity contribution in [3.05, 3.63) is 144 Å². The van der Waals surface area contributed by atoms with Gasteiger partial charge in [0.1, 0.15) is 12.6 Å². The summed E-state index contributed by atoms with van der Waals surface area (Å²) in [5.74, 6) is -0.779. The summed E-state index contributed by atoms with van der Waals surface area (Å²) in [5.41, 5.74) is 3.42. The van der Waals surface area contributed by atoms with Gasteiger partial charge >= 0.3 is 6.09 Å². The fraction of sp³-hybridized carbons (Fsp3) is 0.257. The number of nitrogens with one attached hydrogen (secondary N) is 2. The van der Waals surface area contributed by atoms with Crippen LogP contribution in [0.15, 0.2) is 121 Å². The lowest BCUT2D eigenvalue weighted by Crippen LogP contribution is -2.53. The molecule has 0 saturated heterocycles. The molecule has 9 heteroatoms. The van der Waals surface area contributed by atoms with E-state index in [-0.39, 0.29) is 24.5 Å². The largest absolute Gasteiger partial charge is 0.445 e. The van der Waals surface area contributed by atoms with Gasteiger partial charge < -0.3 is 15.4 Å². The summed E-state index contributed by atoms with van der Waals surface area (Å²) in [6.45, 7) is 0.0596. The third-order valence-electron chi connectivity index (χ3n) is 7.14. The molecule has 4 aromatic carbocycles. The molecule has 4 aromatic rings. The van der Waals surface area contributed by atoms with Crippen LogP contribution >= 0.6 is 12.6 Å². The molecule has 3 atom stereocenters. The minimum absolute atomic E-state index is 0.0596. The van der Waals surface area contributed by atoms with Crippen molar-refractivity contribution in [1.29, 1.82) is 0 Å². The first-order valence-corrected chi connectivity index (χ1v) is 16.9. The first-order chi connectivity index (χ1) is 21.3. The van der Waals surface area contributed by atoms with E-state index in [1.165, 1.54) is 0 Å². The summed E-state index contributed by atoms with van der Waals surface area (Å²) in [5, 5.41) is 5.06. The minimum Gasteiger partial charge on any atom is -0.445 e. The Bertz CT molecular complexity index is 1550. The number of sulfone groups is 1. The molecule has 0 aromatic heterocycles. The van der Waals surface area contributed by atoms with E-state index >= 15 is 0 Å². The van der Waals surface area contributed by atoms with Gasteiger partial charge in [0.25, 0.3) is 0 Å². The van der Waals surface area contributed by atoms with Gasteiger partial charge in [-0.05, 0) is 35.1 Å². The second-order valence-corrected chi connectivity index (χ2v) is 13.5. The Labute approximate surface area is 265 Å². The van der Waals surface area contributed by atoms with Crippen LogP contribution in [0.2, 0.25) is 0 Å². The van der Waals surface area contributed by atoms with Crippen molar-refractivity contribution >= 4 is 34.5 Å². The molecule has 0 bridgehead atoms. The highest BCUT2D eigenvalue weighted by Crippen LogP contribution is 2.17. The Morgan fingerprint density at radius 1 is 0.682 bits per heavy atom. The van der Waals surface area contributed by atoms with Crippen molar-refractivity contribution in [2.24, 2.45) is 0 Å². The number of ether oxygens (including phenoxy) is 1. The Hall–Kier alpha value is -4.08. The maximum absolute atomic E-state index is 13.8. The molecule has 44 heavy (non-hydrogen) atoms. The molecule has 4 rings (SSSR count). The predicted octanol–water partition coefficient (Wildman–Crippen LogP) is 5.56. The number of thiol groups is 1. The number of aryl methyl sites for hydroxylation is 1. The van der Waals surface area contributed by atoms with E-state index in [0.717, 1.165) is 16.7 Å². The second-order valence-electron chi connectivity index (χ2n) is 10.7. The third-order valence-corrected chi connectivity index (χ3v) is 9.57. The molecule has 7 nitrogen and oxygen atoms in total. The van der Waals surface area contributed by atoms with E-state index in [1.807, 2.05) is 97.1 Å². The van der Waals surface area contributed by atoms with Crippen LogP contribution in [0.1, 0.15) is 28.7 Å². The molecule has 2 amide bonds. The third kappa shape index (κ3) is 11.2. The monoisotopic (exact) mass is 630 g/mol. The van der Waals surface area contributed by atoms with E-state index in [0.29, 0.717) is 18.4 Å². The highest BCUT2D eigenvalue weighted by molar-refractivity contribution is 7.92. The van der Waals surface area contributed by atoms with Gasteiger partial charge in [0.05, 0.1) is 11.5 Å². The van der Waals surface area contributed by atoms with Crippen molar-refractivity contribution in [2.75, 3.05) is 5.75 Å². The number of alkyl carbamates (subject to hydrolysis) is 1. The van der Waals surface area contributed by atoms with Gasteiger partial charge in [-0.2, -0.15) is 12.6 Å². The maximum Gasteiger partial charge on any atom is 0.408 e. The van der Waals surface area contributed by atoms with Crippen molar-refractivity contribution in [1.82, 2.24) is 10.6 Å². The average molecular weight is 631 g/mol. The minimum atomic E-state index is -3.54. The molecule has 230 valence electrons. The number of carbonyl (C=O) groups is 2. The van der Waals surface area contributed by atoms with E-state index < -0.39 is 39.2 Å². The van der Waals surface area contributed by atoms with E-state index in [2.05, 4.69) is 10.6 Å². The number of hydrogen-bond donors (Lipinski definition) is 3. The summed E-state index contributed by atoms with van der Waals surface area (Å²) in [4.78, 5) is 26.6. The summed E-state index contributed by atoms with van der Waals surface area (Å²) >= 11 is 4.71. The van der Waals surface area contributed by atoms with Crippen LogP contribution in [-0.4, -0.2) is 43.5 Å². The van der Waals surface area contributed by atoms with Gasteiger partial charge in [0.2, 0.25) is 5.91 Å². The van der Waals surface area contributed by atoms with E-state index in [1.54, 1.807) is 24.3 Å². The molecule has 0 heterocycles. The highest BCUT2D eigenvalue weighted by Gasteiger charge is 2.30. The molecule has 0 aliphatic heterocycles. The summed E-state index contributed by atoms with van der Waals surface area (Å²) in [7, 11) is -3.54. The van der Waals surface area contributed by atoms with Crippen LogP contribution in [0.3, 0.4) is 0 Å². The van der Waals surface area contributed by atoms with Crippen LogP contribution in [-0.2, 0) is 44.6 Å².